The number of phosphoric ester groups is 1. The summed E-state index contributed by atoms with van der Waals surface area (Å²) in [5.41, 5.74) is 0. The molecule has 59 heavy (non-hydrogen) atoms. The number of allylic oxidation sites excluding steroid dienone is 8. The fourth-order valence-electron chi connectivity index (χ4n) is 6.14. The standard InChI is InChI=1S/C48H86NO9P/c1-6-8-10-12-14-16-18-20-21-22-23-25-27-29-31-33-35-39-47(51)55-43-46(44-57-59(53,54)56-42-41-49(3,4)5)58-48(52)40-36-38-45(50)37-34-32-30-28-26-24-19-17-15-13-11-9-7-2/h15,17,24,26,30,32,34,37,46H,6-14,16,18-23,25,27-29,31,33,35-36,38-44H2,1-5H3/b17-15-,26-24-,32-30-,37-34+/t46-/m1/s1. The van der Waals surface area contributed by atoms with E-state index in [2.05, 4.69) is 38.2 Å². The van der Waals surface area contributed by atoms with E-state index in [0.29, 0.717) is 17.4 Å². The molecule has 0 aliphatic carbocycles. The lowest BCUT2D eigenvalue weighted by atomic mass is 10.0. The number of esters is 2. The number of carbonyl (C=O) groups is 3. The van der Waals surface area contributed by atoms with Gasteiger partial charge in [0.05, 0.1) is 27.7 Å². The maximum Gasteiger partial charge on any atom is 0.306 e. The number of rotatable bonds is 42. The van der Waals surface area contributed by atoms with E-state index < -0.39 is 32.5 Å². The number of hydrogen-bond acceptors (Lipinski definition) is 9. The van der Waals surface area contributed by atoms with E-state index in [1.807, 2.05) is 33.3 Å². The number of unbranched alkanes of at least 4 members (excludes halogenated alkanes) is 19. The van der Waals surface area contributed by atoms with Crippen LogP contribution in [0.1, 0.15) is 187 Å². The minimum Gasteiger partial charge on any atom is -0.756 e. The molecule has 0 amide bonds. The molecule has 0 saturated carbocycles. The van der Waals surface area contributed by atoms with E-state index in [1.165, 1.54) is 109 Å². The smallest absolute Gasteiger partial charge is 0.306 e. The summed E-state index contributed by atoms with van der Waals surface area (Å²) in [5, 5.41) is 0. The normalized spacial score (nSPS) is 13.9. The molecule has 0 saturated heterocycles. The molecule has 11 heteroatoms. The van der Waals surface area contributed by atoms with Crippen molar-refractivity contribution in [3.8, 4) is 0 Å². The SMILES string of the molecule is CCCCC/C=C\C/C=C\C/C=C\C=C\C(=O)CCCC(=O)O[C@H](COC(=O)CCCCCCCCCCCCCCCCCCC)COP(=O)([O-])OCC[N+](C)(C)C. The molecule has 0 spiro atoms. The molecule has 0 bridgehead atoms. The zero-order valence-corrected chi connectivity index (χ0v) is 39.1. The molecule has 342 valence electrons. The number of phosphoric acid groups is 1. The molecule has 1 unspecified atom stereocenters. The van der Waals surface area contributed by atoms with Crippen molar-refractivity contribution in [3.63, 3.8) is 0 Å². The fourth-order valence-corrected chi connectivity index (χ4v) is 6.87. The summed E-state index contributed by atoms with van der Waals surface area (Å²) >= 11 is 0. The average molecular weight is 852 g/mol. The Hall–Kier alpha value is -2.36. The van der Waals surface area contributed by atoms with Crippen LogP contribution in [0.5, 0.6) is 0 Å². The highest BCUT2D eigenvalue weighted by Crippen LogP contribution is 2.38. The van der Waals surface area contributed by atoms with Crippen molar-refractivity contribution in [3.05, 3.63) is 48.6 Å². The maximum atomic E-state index is 12.7. The Morgan fingerprint density at radius 3 is 1.66 bits per heavy atom. The van der Waals surface area contributed by atoms with E-state index in [9.17, 15) is 23.8 Å². The highest BCUT2D eigenvalue weighted by Gasteiger charge is 2.22. The van der Waals surface area contributed by atoms with Gasteiger partial charge in [-0.15, -0.1) is 0 Å². The molecular weight excluding hydrogens is 766 g/mol. The summed E-state index contributed by atoms with van der Waals surface area (Å²) in [6.07, 6.45) is 42.8. The van der Waals surface area contributed by atoms with Gasteiger partial charge in [0.1, 0.15) is 19.8 Å². The van der Waals surface area contributed by atoms with Gasteiger partial charge in [-0.3, -0.25) is 18.9 Å². The van der Waals surface area contributed by atoms with Gasteiger partial charge in [0.25, 0.3) is 7.82 Å². The minimum absolute atomic E-state index is 0.0635. The highest BCUT2D eigenvalue weighted by atomic mass is 31.2. The van der Waals surface area contributed by atoms with Crippen molar-refractivity contribution >= 4 is 25.5 Å². The third-order valence-electron chi connectivity index (χ3n) is 9.83. The number of carbonyl (C=O) groups excluding carboxylic acids is 3. The summed E-state index contributed by atoms with van der Waals surface area (Å²) in [5.74, 6) is -1.21. The van der Waals surface area contributed by atoms with E-state index >= 15 is 0 Å². The second-order valence-corrected chi connectivity index (χ2v) is 18.2. The Bertz CT molecular complexity index is 1210. The first-order valence-electron chi connectivity index (χ1n) is 23.3. The second kappa shape index (κ2) is 39.8. The molecule has 2 atom stereocenters. The van der Waals surface area contributed by atoms with Gasteiger partial charge in [-0.25, -0.2) is 0 Å². The lowest BCUT2D eigenvalue weighted by molar-refractivity contribution is -0.870. The minimum atomic E-state index is -4.69. The third kappa shape index (κ3) is 43.5. The van der Waals surface area contributed by atoms with Gasteiger partial charge < -0.3 is 27.9 Å². The second-order valence-electron chi connectivity index (χ2n) is 16.8. The number of hydrogen-bond donors (Lipinski definition) is 0. The summed E-state index contributed by atoms with van der Waals surface area (Å²) in [6, 6.07) is 0. The average Bonchev–Trinajstić information content (AvgIpc) is 3.18. The Labute approximate surface area is 360 Å². The van der Waals surface area contributed by atoms with Crippen LogP contribution in [0.4, 0.5) is 0 Å². The number of ketones is 1. The van der Waals surface area contributed by atoms with Crippen molar-refractivity contribution in [1.82, 2.24) is 0 Å². The Balaban J connectivity index is 4.50. The topological polar surface area (TPSA) is 128 Å². The summed E-state index contributed by atoms with van der Waals surface area (Å²) < 4.78 is 33.7. The molecule has 0 N–H and O–H groups in total. The van der Waals surface area contributed by atoms with Crippen molar-refractivity contribution in [2.24, 2.45) is 0 Å². The first-order chi connectivity index (χ1) is 28.4. The summed E-state index contributed by atoms with van der Waals surface area (Å²) in [7, 11) is 1.02. The Kier molecular flexibility index (Phi) is 38.2. The number of nitrogens with zero attached hydrogens (tertiary/aromatic N) is 1. The van der Waals surface area contributed by atoms with E-state index in [4.69, 9.17) is 18.5 Å². The fraction of sp³-hybridized carbons (Fsp3) is 0.771. The molecule has 0 aromatic heterocycles. The van der Waals surface area contributed by atoms with Crippen molar-refractivity contribution in [1.29, 1.82) is 0 Å². The quantitative estimate of drug-likeness (QED) is 0.0112. The lowest BCUT2D eigenvalue weighted by Crippen LogP contribution is -2.37. The number of ether oxygens (including phenoxy) is 2. The van der Waals surface area contributed by atoms with Crippen LogP contribution < -0.4 is 4.89 Å². The van der Waals surface area contributed by atoms with Crippen molar-refractivity contribution < 1.29 is 46.8 Å². The molecule has 0 aromatic rings. The van der Waals surface area contributed by atoms with Crippen LogP contribution in [0.3, 0.4) is 0 Å². The van der Waals surface area contributed by atoms with Crippen molar-refractivity contribution in [2.75, 3.05) is 47.5 Å². The third-order valence-corrected chi connectivity index (χ3v) is 10.8. The Morgan fingerprint density at radius 1 is 0.576 bits per heavy atom. The van der Waals surface area contributed by atoms with Gasteiger partial charge in [0.2, 0.25) is 0 Å². The van der Waals surface area contributed by atoms with Gasteiger partial charge in [0.15, 0.2) is 11.9 Å². The van der Waals surface area contributed by atoms with E-state index in [1.54, 1.807) is 6.08 Å². The molecule has 0 fully saturated rings. The van der Waals surface area contributed by atoms with Crippen LogP contribution >= 0.6 is 7.82 Å². The van der Waals surface area contributed by atoms with Gasteiger partial charge >= 0.3 is 11.9 Å². The first kappa shape index (κ1) is 56.6. The van der Waals surface area contributed by atoms with Gasteiger partial charge in [-0.2, -0.15) is 0 Å². The van der Waals surface area contributed by atoms with Crippen LogP contribution in [0, 0.1) is 0 Å². The predicted molar refractivity (Wildman–Crippen MR) is 241 cm³/mol. The van der Waals surface area contributed by atoms with E-state index in [0.717, 1.165) is 38.5 Å². The van der Waals surface area contributed by atoms with E-state index in [-0.39, 0.29) is 44.7 Å². The number of quaternary nitrogens is 1. The largest absolute Gasteiger partial charge is 0.756 e. The van der Waals surface area contributed by atoms with Gasteiger partial charge in [-0.1, -0.05) is 172 Å². The van der Waals surface area contributed by atoms with Gasteiger partial charge in [-0.05, 0) is 44.6 Å². The zero-order valence-electron chi connectivity index (χ0n) is 38.2. The summed E-state index contributed by atoms with van der Waals surface area (Å²) in [6.45, 7) is 3.93. The monoisotopic (exact) mass is 852 g/mol. The zero-order chi connectivity index (χ0) is 43.7. The van der Waals surface area contributed by atoms with Crippen LogP contribution in [-0.2, 0) is 37.5 Å². The lowest BCUT2D eigenvalue weighted by Gasteiger charge is -2.28. The highest BCUT2D eigenvalue weighted by molar-refractivity contribution is 7.45. The predicted octanol–water partition coefficient (Wildman–Crippen LogP) is 12.0. The van der Waals surface area contributed by atoms with Gasteiger partial charge in [0, 0.05) is 19.3 Å². The van der Waals surface area contributed by atoms with Crippen LogP contribution in [-0.4, -0.2) is 75.8 Å². The molecular formula is C48H86NO9P. The molecule has 0 aliphatic rings. The maximum absolute atomic E-state index is 12.7. The molecule has 0 aliphatic heterocycles. The summed E-state index contributed by atoms with van der Waals surface area (Å²) in [4.78, 5) is 49.9. The van der Waals surface area contributed by atoms with Crippen LogP contribution in [0.25, 0.3) is 0 Å². The molecule has 0 radical (unpaired) electrons. The molecule has 10 nitrogen and oxygen atoms in total. The van der Waals surface area contributed by atoms with Crippen LogP contribution in [0.2, 0.25) is 0 Å². The molecule has 0 rings (SSSR count). The van der Waals surface area contributed by atoms with Crippen molar-refractivity contribution in [2.45, 2.75) is 193 Å². The molecule has 0 heterocycles. The first-order valence-corrected chi connectivity index (χ1v) is 24.8. The van der Waals surface area contributed by atoms with Crippen LogP contribution in [0.15, 0.2) is 48.6 Å². The number of likely N-dealkylation sites (N-methyl/N-ethyl adjacent to an activating group) is 1. The molecule has 0 aromatic carbocycles. The Morgan fingerprint density at radius 2 is 1.08 bits per heavy atom.